The van der Waals surface area contributed by atoms with Crippen molar-refractivity contribution >= 4 is 11.6 Å². The summed E-state index contributed by atoms with van der Waals surface area (Å²) >= 11 is 0. The van der Waals surface area contributed by atoms with E-state index < -0.39 is 5.54 Å². The molecule has 4 N–H and O–H groups in total. The third-order valence-corrected chi connectivity index (χ3v) is 2.49. The van der Waals surface area contributed by atoms with Crippen molar-refractivity contribution in [2.75, 3.05) is 18.9 Å². The van der Waals surface area contributed by atoms with E-state index in [1.807, 2.05) is 13.8 Å². The molecular weight excluding hydrogens is 232 g/mol. The standard InChI is InChI=1S/C13H20N2O3/c1-13(2,7-8-16)15-12(17)9-18-11-6-4-3-5-10(11)14/h3-6,16H,7-9,14H2,1-2H3,(H,15,17). The van der Waals surface area contributed by atoms with Crippen LogP contribution in [0.15, 0.2) is 24.3 Å². The lowest BCUT2D eigenvalue weighted by Crippen LogP contribution is -2.46. The Morgan fingerprint density at radius 1 is 1.44 bits per heavy atom. The molecule has 5 nitrogen and oxygen atoms in total. The summed E-state index contributed by atoms with van der Waals surface area (Å²) < 4.78 is 5.32. The van der Waals surface area contributed by atoms with Gasteiger partial charge in [0.2, 0.25) is 0 Å². The molecule has 0 atom stereocenters. The minimum atomic E-state index is -0.447. The number of aliphatic hydroxyl groups excluding tert-OH is 1. The zero-order chi connectivity index (χ0) is 13.6. The van der Waals surface area contributed by atoms with Crippen molar-refractivity contribution in [3.63, 3.8) is 0 Å². The predicted octanol–water partition coefficient (Wildman–Crippen LogP) is 0.925. The second-order valence-electron chi connectivity index (χ2n) is 4.73. The Hall–Kier alpha value is -1.75. The van der Waals surface area contributed by atoms with Crippen molar-refractivity contribution in [1.29, 1.82) is 0 Å². The van der Waals surface area contributed by atoms with Gasteiger partial charge in [0, 0.05) is 12.1 Å². The fourth-order valence-corrected chi connectivity index (χ4v) is 1.51. The number of amides is 1. The molecule has 0 radical (unpaired) electrons. The number of anilines is 1. The van der Waals surface area contributed by atoms with Gasteiger partial charge in [-0.15, -0.1) is 0 Å². The van der Waals surface area contributed by atoms with E-state index in [-0.39, 0.29) is 19.1 Å². The topological polar surface area (TPSA) is 84.6 Å². The lowest BCUT2D eigenvalue weighted by Gasteiger charge is -2.25. The van der Waals surface area contributed by atoms with Crippen LogP contribution in [0.25, 0.3) is 0 Å². The number of para-hydroxylation sites is 2. The maximum absolute atomic E-state index is 11.7. The van der Waals surface area contributed by atoms with Crippen molar-refractivity contribution in [3.8, 4) is 5.75 Å². The van der Waals surface area contributed by atoms with Crippen LogP contribution >= 0.6 is 0 Å². The minimum Gasteiger partial charge on any atom is -0.482 e. The Morgan fingerprint density at radius 2 is 2.11 bits per heavy atom. The van der Waals surface area contributed by atoms with Gasteiger partial charge in [0.15, 0.2) is 6.61 Å². The molecule has 0 aliphatic heterocycles. The molecule has 0 unspecified atom stereocenters. The Labute approximate surface area is 107 Å². The number of hydrogen-bond acceptors (Lipinski definition) is 4. The molecule has 100 valence electrons. The van der Waals surface area contributed by atoms with Crippen molar-refractivity contribution in [1.82, 2.24) is 5.32 Å². The molecule has 1 aromatic rings. The van der Waals surface area contributed by atoms with Crippen LogP contribution in [0.3, 0.4) is 0 Å². The summed E-state index contributed by atoms with van der Waals surface area (Å²) in [7, 11) is 0. The van der Waals surface area contributed by atoms with Gasteiger partial charge in [-0.25, -0.2) is 0 Å². The number of carbonyl (C=O) groups is 1. The summed E-state index contributed by atoms with van der Waals surface area (Å²) in [5, 5.41) is 11.6. The van der Waals surface area contributed by atoms with Crippen LogP contribution in [0.5, 0.6) is 5.75 Å². The molecule has 18 heavy (non-hydrogen) atoms. The largest absolute Gasteiger partial charge is 0.482 e. The van der Waals surface area contributed by atoms with Crippen LogP contribution in [0.2, 0.25) is 0 Å². The van der Waals surface area contributed by atoms with E-state index in [0.717, 1.165) is 0 Å². The fourth-order valence-electron chi connectivity index (χ4n) is 1.51. The van der Waals surface area contributed by atoms with E-state index >= 15 is 0 Å². The summed E-state index contributed by atoms with van der Waals surface area (Å²) in [5.74, 6) is 0.254. The van der Waals surface area contributed by atoms with Gasteiger partial charge in [-0.2, -0.15) is 0 Å². The van der Waals surface area contributed by atoms with E-state index in [9.17, 15) is 4.79 Å². The molecule has 5 heteroatoms. The normalized spacial score (nSPS) is 11.1. The molecule has 1 amide bonds. The molecule has 0 aromatic heterocycles. The molecule has 0 bridgehead atoms. The number of carbonyl (C=O) groups excluding carboxylic acids is 1. The van der Waals surface area contributed by atoms with Gasteiger partial charge >= 0.3 is 0 Å². The van der Waals surface area contributed by atoms with Gasteiger partial charge in [-0.3, -0.25) is 4.79 Å². The maximum atomic E-state index is 11.7. The van der Waals surface area contributed by atoms with E-state index in [4.69, 9.17) is 15.6 Å². The van der Waals surface area contributed by atoms with E-state index in [1.54, 1.807) is 24.3 Å². The quantitative estimate of drug-likeness (QED) is 0.657. The molecule has 0 spiro atoms. The molecule has 0 saturated carbocycles. The monoisotopic (exact) mass is 252 g/mol. The molecule has 1 aromatic carbocycles. The number of nitrogens with two attached hydrogens (primary N) is 1. The van der Waals surface area contributed by atoms with Crippen LogP contribution in [-0.2, 0) is 4.79 Å². The molecule has 1 rings (SSSR count). The van der Waals surface area contributed by atoms with Gasteiger partial charge in [-0.1, -0.05) is 12.1 Å². The third-order valence-electron chi connectivity index (χ3n) is 2.49. The number of aliphatic hydroxyl groups is 1. The van der Waals surface area contributed by atoms with Crippen LogP contribution in [-0.4, -0.2) is 29.8 Å². The first-order valence-corrected chi connectivity index (χ1v) is 5.84. The summed E-state index contributed by atoms with van der Waals surface area (Å²) in [4.78, 5) is 11.7. The summed E-state index contributed by atoms with van der Waals surface area (Å²) in [6.45, 7) is 3.62. The van der Waals surface area contributed by atoms with Crippen molar-refractivity contribution in [2.45, 2.75) is 25.8 Å². The van der Waals surface area contributed by atoms with E-state index in [1.165, 1.54) is 0 Å². The molecule has 0 aliphatic carbocycles. The number of nitrogen functional groups attached to an aromatic ring is 1. The first kappa shape index (κ1) is 14.3. The Kier molecular flexibility index (Phi) is 4.97. The highest BCUT2D eigenvalue weighted by molar-refractivity contribution is 5.78. The maximum Gasteiger partial charge on any atom is 0.258 e. The lowest BCUT2D eigenvalue weighted by molar-refractivity contribution is -0.124. The molecule has 0 heterocycles. The highest BCUT2D eigenvalue weighted by atomic mass is 16.5. The van der Waals surface area contributed by atoms with Crippen molar-refractivity contribution < 1.29 is 14.6 Å². The second kappa shape index (κ2) is 6.26. The molecular formula is C13H20N2O3. The SMILES string of the molecule is CC(C)(CCO)NC(=O)COc1ccccc1N. The third kappa shape index (κ3) is 4.63. The van der Waals surface area contributed by atoms with Crippen LogP contribution in [0.1, 0.15) is 20.3 Å². The van der Waals surface area contributed by atoms with Gasteiger partial charge in [0.25, 0.3) is 5.91 Å². The van der Waals surface area contributed by atoms with Gasteiger partial charge in [-0.05, 0) is 32.4 Å². The number of hydrogen-bond donors (Lipinski definition) is 3. The molecule has 0 saturated heterocycles. The average molecular weight is 252 g/mol. The lowest BCUT2D eigenvalue weighted by atomic mass is 10.0. The summed E-state index contributed by atoms with van der Waals surface area (Å²) in [6, 6.07) is 7.01. The van der Waals surface area contributed by atoms with Gasteiger partial charge in [0.05, 0.1) is 5.69 Å². The summed E-state index contributed by atoms with van der Waals surface area (Å²) in [6.07, 6.45) is 0.492. The van der Waals surface area contributed by atoms with E-state index in [0.29, 0.717) is 17.9 Å². The van der Waals surface area contributed by atoms with Crippen molar-refractivity contribution in [2.24, 2.45) is 0 Å². The van der Waals surface area contributed by atoms with Crippen molar-refractivity contribution in [3.05, 3.63) is 24.3 Å². The Balaban J connectivity index is 2.45. The van der Waals surface area contributed by atoms with Gasteiger partial charge < -0.3 is 20.9 Å². The highest BCUT2D eigenvalue weighted by Gasteiger charge is 2.19. The fraction of sp³-hybridized carbons (Fsp3) is 0.462. The average Bonchev–Trinajstić information content (AvgIpc) is 2.27. The second-order valence-corrected chi connectivity index (χ2v) is 4.73. The van der Waals surface area contributed by atoms with Crippen LogP contribution in [0, 0.1) is 0 Å². The van der Waals surface area contributed by atoms with Crippen LogP contribution < -0.4 is 15.8 Å². The molecule has 0 aliphatic rings. The first-order chi connectivity index (χ1) is 8.44. The first-order valence-electron chi connectivity index (χ1n) is 5.84. The Bertz CT molecular complexity index is 405. The zero-order valence-corrected chi connectivity index (χ0v) is 10.8. The van der Waals surface area contributed by atoms with Crippen LogP contribution in [0.4, 0.5) is 5.69 Å². The van der Waals surface area contributed by atoms with Gasteiger partial charge in [0.1, 0.15) is 5.75 Å². The Morgan fingerprint density at radius 3 is 2.72 bits per heavy atom. The van der Waals surface area contributed by atoms with E-state index in [2.05, 4.69) is 5.32 Å². The predicted molar refractivity (Wildman–Crippen MR) is 70.3 cm³/mol. The molecule has 0 fully saturated rings. The number of ether oxygens (including phenoxy) is 1. The zero-order valence-electron chi connectivity index (χ0n) is 10.8. The minimum absolute atomic E-state index is 0.0276. The smallest absolute Gasteiger partial charge is 0.258 e. The highest BCUT2D eigenvalue weighted by Crippen LogP contribution is 2.19. The summed E-state index contributed by atoms with van der Waals surface area (Å²) in [5.41, 5.74) is 5.74. The number of rotatable bonds is 6. The number of nitrogens with one attached hydrogen (secondary N) is 1. The number of benzene rings is 1.